The van der Waals surface area contributed by atoms with Gasteiger partial charge in [0, 0.05) is 22.2 Å². The molecule has 30 heavy (non-hydrogen) atoms. The number of carbonyl (C=O) groups is 1. The lowest BCUT2D eigenvalue weighted by Crippen LogP contribution is -2.37. The molecule has 1 saturated heterocycles. The molecule has 0 saturated carbocycles. The van der Waals surface area contributed by atoms with Crippen LogP contribution in [-0.4, -0.2) is 34.0 Å². The van der Waals surface area contributed by atoms with Crippen LogP contribution in [0.15, 0.2) is 47.0 Å². The summed E-state index contributed by atoms with van der Waals surface area (Å²) in [6.07, 6.45) is 1.55. The summed E-state index contributed by atoms with van der Waals surface area (Å²) in [5.41, 5.74) is 2.47. The molecule has 2 aromatic carbocycles. The third-order valence-corrected chi connectivity index (χ3v) is 6.08. The van der Waals surface area contributed by atoms with E-state index >= 15 is 0 Å². The number of likely N-dealkylation sites (tertiary alicyclic amines) is 1. The highest BCUT2D eigenvalue weighted by atomic mass is 35.5. The van der Waals surface area contributed by atoms with E-state index in [0.29, 0.717) is 28.3 Å². The molecule has 1 amide bonds. The van der Waals surface area contributed by atoms with E-state index in [-0.39, 0.29) is 11.8 Å². The number of benzene rings is 2. The number of piperidine rings is 1. The first-order chi connectivity index (χ1) is 14.5. The predicted octanol–water partition coefficient (Wildman–Crippen LogP) is 5.20. The molecule has 156 valence electrons. The fraction of sp³-hybridized carbons (Fsp3) is 0.318. The van der Waals surface area contributed by atoms with Crippen LogP contribution in [0.4, 0.5) is 5.69 Å². The molecular weight excluding hydrogens is 423 g/mol. The van der Waals surface area contributed by atoms with Crippen molar-refractivity contribution >= 4 is 34.8 Å². The SMILES string of the molecule is Cc1ccc(NC(=O)C2CCN(Cc3nc(-c4ccccc4Cl)no3)CC2)cc1Cl. The summed E-state index contributed by atoms with van der Waals surface area (Å²) >= 11 is 12.3. The molecule has 0 spiro atoms. The zero-order valence-corrected chi connectivity index (χ0v) is 18.1. The summed E-state index contributed by atoms with van der Waals surface area (Å²) in [5.74, 6) is 1.04. The number of carbonyl (C=O) groups excluding carboxylic acids is 1. The smallest absolute Gasteiger partial charge is 0.241 e. The Bertz CT molecular complexity index is 1050. The summed E-state index contributed by atoms with van der Waals surface area (Å²) in [4.78, 5) is 19.3. The molecule has 1 aromatic heterocycles. The molecule has 1 aliphatic rings. The highest BCUT2D eigenvalue weighted by molar-refractivity contribution is 6.33. The number of nitrogens with one attached hydrogen (secondary N) is 1. The van der Waals surface area contributed by atoms with Gasteiger partial charge >= 0.3 is 0 Å². The van der Waals surface area contributed by atoms with Crippen LogP contribution in [0.5, 0.6) is 0 Å². The summed E-state index contributed by atoms with van der Waals surface area (Å²) in [7, 11) is 0. The van der Waals surface area contributed by atoms with Crippen LogP contribution >= 0.6 is 23.2 Å². The van der Waals surface area contributed by atoms with Crippen molar-refractivity contribution in [2.75, 3.05) is 18.4 Å². The second-order valence-corrected chi connectivity index (χ2v) is 8.31. The van der Waals surface area contributed by atoms with Gasteiger partial charge in [0.05, 0.1) is 11.6 Å². The van der Waals surface area contributed by atoms with Crippen molar-refractivity contribution in [2.45, 2.75) is 26.3 Å². The number of halogens is 2. The number of aromatic nitrogens is 2. The van der Waals surface area contributed by atoms with E-state index in [4.69, 9.17) is 27.7 Å². The molecule has 1 fully saturated rings. The van der Waals surface area contributed by atoms with E-state index < -0.39 is 0 Å². The first kappa shape index (κ1) is 20.8. The van der Waals surface area contributed by atoms with E-state index in [2.05, 4.69) is 20.4 Å². The van der Waals surface area contributed by atoms with Gasteiger partial charge in [-0.1, -0.05) is 46.6 Å². The zero-order chi connectivity index (χ0) is 21.1. The third kappa shape index (κ3) is 4.83. The predicted molar refractivity (Wildman–Crippen MR) is 118 cm³/mol. The first-order valence-corrected chi connectivity index (χ1v) is 10.6. The molecule has 1 N–H and O–H groups in total. The highest BCUT2D eigenvalue weighted by Crippen LogP contribution is 2.26. The number of rotatable bonds is 5. The van der Waals surface area contributed by atoms with Gasteiger partial charge in [0.1, 0.15) is 0 Å². The molecule has 0 atom stereocenters. The van der Waals surface area contributed by atoms with Gasteiger partial charge in [-0.2, -0.15) is 4.98 Å². The van der Waals surface area contributed by atoms with Crippen LogP contribution < -0.4 is 5.32 Å². The lowest BCUT2D eigenvalue weighted by Gasteiger charge is -2.30. The first-order valence-electron chi connectivity index (χ1n) is 9.86. The normalized spacial score (nSPS) is 15.3. The Morgan fingerprint density at radius 2 is 1.93 bits per heavy atom. The lowest BCUT2D eigenvalue weighted by atomic mass is 9.96. The van der Waals surface area contributed by atoms with Crippen molar-refractivity contribution < 1.29 is 9.32 Å². The standard InChI is InChI=1S/C22H22Cl2N4O2/c1-14-6-7-16(12-19(14)24)25-22(29)15-8-10-28(11-9-15)13-20-26-21(27-30-20)17-4-2-3-5-18(17)23/h2-7,12,15H,8-11,13H2,1H3,(H,25,29). The van der Waals surface area contributed by atoms with Crippen LogP contribution in [0.25, 0.3) is 11.4 Å². The number of nitrogens with zero attached hydrogens (tertiary/aromatic N) is 3. The molecule has 3 aromatic rings. The van der Waals surface area contributed by atoms with E-state index in [1.165, 1.54) is 0 Å². The van der Waals surface area contributed by atoms with Crippen molar-refractivity contribution in [3.63, 3.8) is 0 Å². The number of hydrogen-bond donors (Lipinski definition) is 1. The van der Waals surface area contributed by atoms with Gasteiger partial charge in [-0.3, -0.25) is 9.69 Å². The molecule has 4 rings (SSSR count). The maximum absolute atomic E-state index is 12.6. The van der Waals surface area contributed by atoms with Gasteiger partial charge in [-0.25, -0.2) is 0 Å². The minimum absolute atomic E-state index is 0.0253. The Balaban J connectivity index is 1.30. The molecule has 0 radical (unpaired) electrons. The Hall–Kier alpha value is -2.41. The quantitative estimate of drug-likeness (QED) is 0.585. The average molecular weight is 445 g/mol. The average Bonchev–Trinajstić information content (AvgIpc) is 3.20. The topological polar surface area (TPSA) is 71.3 Å². The van der Waals surface area contributed by atoms with Gasteiger partial charge in [0.2, 0.25) is 17.6 Å². The Morgan fingerprint density at radius 1 is 1.17 bits per heavy atom. The van der Waals surface area contributed by atoms with Crippen molar-refractivity contribution in [3.8, 4) is 11.4 Å². The number of aryl methyl sites for hydroxylation is 1. The summed E-state index contributed by atoms with van der Waals surface area (Å²) in [5, 5.41) is 8.26. The minimum Gasteiger partial charge on any atom is -0.338 e. The van der Waals surface area contributed by atoms with Crippen molar-refractivity contribution in [3.05, 3.63) is 64.0 Å². The number of amides is 1. The molecule has 0 unspecified atom stereocenters. The van der Waals surface area contributed by atoms with Crippen molar-refractivity contribution in [2.24, 2.45) is 5.92 Å². The van der Waals surface area contributed by atoms with Crippen LogP contribution in [0.1, 0.15) is 24.3 Å². The third-order valence-electron chi connectivity index (χ3n) is 5.34. The molecular formula is C22H22Cl2N4O2. The minimum atomic E-state index is -0.0253. The Labute approximate surface area is 185 Å². The van der Waals surface area contributed by atoms with E-state index in [9.17, 15) is 4.79 Å². The molecule has 0 aliphatic carbocycles. The molecule has 2 heterocycles. The highest BCUT2D eigenvalue weighted by Gasteiger charge is 2.26. The monoisotopic (exact) mass is 444 g/mol. The second kappa shape index (κ2) is 9.16. The second-order valence-electron chi connectivity index (χ2n) is 7.50. The molecule has 6 nitrogen and oxygen atoms in total. The number of anilines is 1. The Morgan fingerprint density at radius 3 is 2.67 bits per heavy atom. The summed E-state index contributed by atoms with van der Waals surface area (Å²) < 4.78 is 5.40. The van der Waals surface area contributed by atoms with E-state index in [1.807, 2.05) is 37.3 Å². The van der Waals surface area contributed by atoms with Gasteiger partial charge < -0.3 is 9.84 Å². The largest absolute Gasteiger partial charge is 0.338 e. The van der Waals surface area contributed by atoms with Gasteiger partial charge in [-0.15, -0.1) is 0 Å². The lowest BCUT2D eigenvalue weighted by molar-refractivity contribution is -0.121. The van der Waals surface area contributed by atoms with Gasteiger partial charge in [-0.05, 0) is 62.7 Å². The zero-order valence-electron chi connectivity index (χ0n) is 16.6. The maximum Gasteiger partial charge on any atom is 0.241 e. The number of hydrogen-bond acceptors (Lipinski definition) is 5. The maximum atomic E-state index is 12.6. The summed E-state index contributed by atoms with van der Waals surface area (Å²) in [6, 6.07) is 13.0. The molecule has 1 aliphatic heterocycles. The Kier molecular flexibility index (Phi) is 6.37. The van der Waals surface area contributed by atoms with E-state index in [1.54, 1.807) is 12.1 Å². The van der Waals surface area contributed by atoms with Crippen LogP contribution in [0.2, 0.25) is 10.0 Å². The molecule has 8 heteroatoms. The van der Waals surface area contributed by atoms with Crippen molar-refractivity contribution in [1.82, 2.24) is 15.0 Å². The van der Waals surface area contributed by atoms with Crippen LogP contribution in [-0.2, 0) is 11.3 Å². The fourth-order valence-electron chi connectivity index (χ4n) is 3.53. The molecule has 0 bridgehead atoms. The van der Waals surface area contributed by atoms with Gasteiger partial charge in [0.25, 0.3) is 0 Å². The van der Waals surface area contributed by atoms with Gasteiger partial charge in [0.15, 0.2) is 0 Å². The van der Waals surface area contributed by atoms with Crippen LogP contribution in [0, 0.1) is 12.8 Å². The fourth-order valence-corrected chi connectivity index (χ4v) is 3.93. The van der Waals surface area contributed by atoms with Crippen molar-refractivity contribution in [1.29, 1.82) is 0 Å². The van der Waals surface area contributed by atoms with Crippen LogP contribution in [0.3, 0.4) is 0 Å². The summed E-state index contributed by atoms with van der Waals surface area (Å²) in [6.45, 7) is 4.07. The van der Waals surface area contributed by atoms with E-state index in [0.717, 1.165) is 42.7 Å².